The smallest absolute Gasteiger partial charge is 0.249 e. The predicted octanol–water partition coefficient (Wildman–Crippen LogP) is 11.2. The first-order valence-corrected chi connectivity index (χ1v) is 28.1. The first-order chi connectivity index (χ1) is 32.2. The third kappa shape index (κ3) is 33.4. The van der Waals surface area contributed by atoms with Crippen LogP contribution in [0, 0.1) is 0 Å². The third-order valence-electron chi connectivity index (χ3n) is 13.8. The van der Waals surface area contributed by atoms with Crippen molar-refractivity contribution in [1.82, 2.24) is 5.32 Å². The number of allylic oxidation sites excluding steroid dienone is 2. The Kier molecular flexibility index (Phi) is 42.9. The van der Waals surface area contributed by atoms with Crippen LogP contribution in [0.2, 0.25) is 0 Å². The van der Waals surface area contributed by atoms with Crippen molar-refractivity contribution in [3.05, 3.63) is 12.2 Å². The second-order valence-corrected chi connectivity index (χ2v) is 20.0. The van der Waals surface area contributed by atoms with Crippen LogP contribution in [-0.4, -0.2) is 110 Å². The summed E-state index contributed by atoms with van der Waals surface area (Å²) < 4.78 is 11.1. The standard InChI is InChI=1S/C55H107NO10/c1-3-5-7-9-11-13-15-17-19-21-23-25-26-28-30-32-34-36-38-40-42-47(58)50(60)46(45-65-55-53(63)52(62)51(61)49(44-57)66-55)56-54(64)48(59)43-41-39-37-35-33-31-29-27-24-22-20-18-16-14-12-10-8-6-4-2/h34,36,46-53,55,57-63H,3-33,35,37-45H2,1-2H3,(H,56,64)/b36-34+. The molecule has 0 aromatic carbocycles. The van der Waals surface area contributed by atoms with Crippen molar-refractivity contribution < 1.29 is 50.0 Å². The molecule has 11 nitrogen and oxygen atoms in total. The average Bonchev–Trinajstić information content (AvgIpc) is 3.32. The molecule has 0 saturated carbocycles. The molecular formula is C55H107NO10. The fourth-order valence-corrected chi connectivity index (χ4v) is 9.21. The Bertz CT molecular complexity index is 1080. The van der Waals surface area contributed by atoms with Crippen LogP contribution >= 0.6 is 0 Å². The quantitative estimate of drug-likeness (QED) is 0.0215. The Morgan fingerprint density at radius 1 is 0.515 bits per heavy atom. The molecule has 11 heteroatoms. The van der Waals surface area contributed by atoms with Crippen LogP contribution < -0.4 is 5.32 Å². The highest BCUT2D eigenvalue weighted by Crippen LogP contribution is 2.23. The minimum Gasteiger partial charge on any atom is -0.394 e. The predicted molar refractivity (Wildman–Crippen MR) is 270 cm³/mol. The number of hydrogen-bond donors (Lipinski definition) is 8. The second-order valence-electron chi connectivity index (χ2n) is 20.0. The zero-order valence-electron chi connectivity index (χ0n) is 42.7. The highest BCUT2D eigenvalue weighted by molar-refractivity contribution is 5.80. The molecule has 1 saturated heterocycles. The van der Waals surface area contributed by atoms with Crippen molar-refractivity contribution >= 4 is 5.91 Å². The van der Waals surface area contributed by atoms with Gasteiger partial charge in [-0.25, -0.2) is 0 Å². The van der Waals surface area contributed by atoms with Crippen molar-refractivity contribution in [3.8, 4) is 0 Å². The van der Waals surface area contributed by atoms with E-state index in [1.165, 1.54) is 186 Å². The fourth-order valence-electron chi connectivity index (χ4n) is 9.21. The van der Waals surface area contributed by atoms with Crippen LogP contribution in [0.15, 0.2) is 12.2 Å². The van der Waals surface area contributed by atoms with Gasteiger partial charge in [-0.2, -0.15) is 0 Å². The normalized spacial score (nSPS) is 20.8. The third-order valence-corrected chi connectivity index (χ3v) is 13.8. The van der Waals surface area contributed by atoms with E-state index in [1.54, 1.807) is 0 Å². The van der Waals surface area contributed by atoms with E-state index in [1.807, 2.05) is 0 Å². The van der Waals surface area contributed by atoms with Gasteiger partial charge in [0.05, 0.1) is 25.4 Å². The minimum atomic E-state index is -1.66. The lowest BCUT2D eigenvalue weighted by molar-refractivity contribution is -0.303. The number of rotatable bonds is 48. The summed E-state index contributed by atoms with van der Waals surface area (Å²) in [6.07, 6.45) is 39.8. The SMILES string of the molecule is CCCCCCCCCCCCCCCCC/C=C/CCCC(O)C(O)C(COC1OC(CO)C(O)C(O)C1O)NC(=O)C(O)CCCCCCCCCCCCCCCCCCCCC. The van der Waals surface area contributed by atoms with Gasteiger partial charge < -0.3 is 50.5 Å². The summed E-state index contributed by atoms with van der Waals surface area (Å²) in [5.41, 5.74) is 0. The summed E-state index contributed by atoms with van der Waals surface area (Å²) in [5, 5.41) is 76.0. The maximum atomic E-state index is 13.2. The molecule has 1 aliphatic rings. The van der Waals surface area contributed by atoms with Gasteiger partial charge in [0.15, 0.2) is 6.29 Å². The molecule has 9 unspecified atom stereocenters. The Hall–Kier alpha value is -1.15. The van der Waals surface area contributed by atoms with E-state index in [-0.39, 0.29) is 12.8 Å². The Labute approximate surface area is 404 Å². The number of carbonyl (C=O) groups excluding carboxylic acids is 1. The average molecular weight is 942 g/mol. The molecule has 0 aliphatic carbocycles. The zero-order valence-corrected chi connectivity index (χ0v) is 42.7. The van der Waals surface area contributed by atoms with Gasteiger partial charge in [-0.15, -0.1) is 0 Å². The molecule has 0 bridgehead atoms. The molecule has 392 valence electrons. The Balaban J connectivity index is 2.35. The molecule has 8 N–H and O–H groups in total. The van der Waals surface area contributed by atoms with Gasteiger partial charge in [0, 0.05) is 0 Å². The number of hydrogen-bond acceptors (Lipinski definition) is 10. The van der Waals surface area contributed by atoms with Crippen molar-refractivity contribution in [1.29, 1.82) is 0 Å². The maximum Gasteiger partial charge on any atom is 0.249 e. The van der Waals surface area contributed by atoms with Crippen molar-refractivity contribution in [2.75, 3.05) is 13.2 Å². The zero-order chi connectivity index (χ0) is 48.3. The lowest BCUT2D eigenvalue weighted by Crippen LogP contribution is -2.60. The van der Waals surface area contributed by atoms with E-state index in [4.69, 9.17) is 9.47 Å². The lowest BCUT2D eigenvalue weighted by atomic mass is 9.98. The second kappa shape index (κ2) is 45.0. The largest absolute Gasteiger partial charge is 0.394 e. The summed E-state index contributed by atoms with van der Waals surface area (Å²) in [6, 6.07) is -1.18. The van der Waals surface area contributed by atoms with E-state index in [9.17, 15) is 40.5 Å². The summed E-state index contributed by atoms with van der Waals surface area (Å²) >= 11 is 0. The first-order valence-electron chi connectivity index (χ1n) is 28.1. The van der Waals surface area contributed by atoms with Crippen LogP contribution in [0.4, 0.5) is 0 Å². The molecule has 1 heterocycles. The van der Waals surface area contributed by atoms with E-state index >= 15 is 0 Å². The van der Waals surface area contributed by atoms with Gasteiger partial charge in [-0.05, 0) is 38.5 Å². The van der Waals surface area contributed by atoms with E-state index in [0.29, 0.717) is 12.8 Å². The molecule has 0 spiro atoms. The fraction of sp³-hybridized carbons (Fsp3) is 0.945. The number of aliphatic hydroxyl groups excluding tert-OH is 7. The molecule has 0 aromatic heterocycles. The number of ether oxygens (including phenoxy) is 2. The summed E-state index contributed by atoms with van der Waals surface area (Å²) in [6.45, 7) is 3.47. The molecule has 1 fully saturated rings. The van der Waals surface area contributed by atoms with Gasteiger partial charge in [0.25, 0.3) is 0 Å². The van der Waals surface area contributed by atoms with Crippen molar-refractivity contribution in [3.63, 3.8) is 0 Å². The summed E-state index contributed by atoms with van der Waals surface area (Å²) in [5.74, 6) is -0.701. The molecule has 0 aromatic rings. The van der Waals surface area contributed by atoms with Crippen LogP contribution in [0.1, 0.15) is 264 Å². The summed E-state index contributed by atoms with van der Waals surface area (Å²) in [7, 11) is 0. The van der Waals surface area contributed by atoms with Crippen LogP contribution in [-0.2, 0) is 14.3 Å². The van der Waals surface area contributed by atoms with Crippen molar-refractivity contribution in [2.24, 2.45) is 0 Å². The molecule has 66 heavy (non-hydrogen) atoms. The number of nitrogens with one attached hydrogen (secondary N) is 1. The van der Waals surface area contributed by atoms with Crippen LogP contribution in [0.25, 0.3) is 0 Å². The van der Waals surface area contributed by atoms with Gasteiger partial charge in [0.1, 0.15) is 36.6 Å². The Morgan fingerprint density at radius 2 is 0.894 bits per heavy atom. The van der Waals surface area contributed by atoms with Gasteiger partial charge in [0.2, 0.25) is 5.91 Å². The topological polar surface area (TPSA) is 189 Å². The van der Waals surface area contributed by atoms with Crippen LogP contribution in [0.5, 0.6) is 0 Å². The molecule has 1 rings (SSSR count). The molecular weight excluding hydrogens is 835 g/mol. The monoisotopic (exact) mass is 942 g/mol. The number of amides is 1. The number of unbranched alkanes of at least 4 members (excludes halogenated alkanes) is 34. The van der Waals surface area contributed by atoms with E-state index in [0.717, 1.165) is 38.5 Å². The molecule has 1 amide bonds. The molecule has 1 aliphatic heterocycles. The summed E-state index contributed by atoms with van der Waals surface area (Å²) in [4.78, 5) is 13.2. The highest BCUT2D eigenvalue weighted by atomic mass is 16.7. The number of aliphatic hydroxyl groups is 7. The lowest BCUT2D eigenvalue weighted by Gasteiger charge is -2.40. The van der Waals surface area contributed by atoms with Gasteiger partial charge in [-0.3, -0.25) is 4.79 Å². The highest BCUT2D eigenvalue weighted by Gasteiger charge is 2.44. The van der Waals surface area contributed by atoms with Gasteiger partial charge >= 0.3 is 0 Å². The van der Waals surface area contributed by atoms with E-state index < -0.39 is 74.2 Å². The maximum absolute atomic E-state index is 13.2. The molecule has 9 atom stereocenters. The molecule has 0 radical (unpaired) electrons. The Morgan fingerprint density at radius 3 is 1.30 bits per heavy atom. The van der Waals surface area contributed by atoms with E-state index in [2.05, 4.69) is 31.3 Å². The van der Waals surface area contributed by atoms with Crippen LogP contribution in [0.3, 0.4) is 0 Å². The number of carbonyl (C=O) groups is 1. The van der Waals surface area contributed by atoms with Gasteiger partial charge in [-0.1, -0.05) is 238 Å². The minimum absolute atomic E-state index is 0.259. The van der Waals surface area contributed by atoms with Crippen molar-refractivity contribution in [2.45, 2.75) is 319 Å². The first kappa shape index (κ1) is 62.9.